The summed E-state index contributed by atoms with van der Waals surface area (Å²) in [6.07, 6.45) is 1.26. The van der Waals surface area contributed by atoms with Crippen LogP contribution < -0.4 is 5.32 Å². The third-order valence-electron chi connectivity index (χ3n) is 0.563. The minimum atomic E-state index is 0.140. The van der Waals surface area contributed by atoms with E-state index < -0.39 is 0 Å². The summed E-state index contributed by atoms with van der Waals surface area (Å²) >= 11 is 0. The highest BCUT2D eigenvalue weighted by molar-refractivity contribution is 5.45. The summed E-state index contributed by atoms with van der Waals surface area (Å²) in [6.45, 7) is 8.71. The largest absolute Gasteiger partial charge is 0.396 e. The van der Waals surface area contributed by atoms with Gasteiger partial charge in [-0.15, -0.1) is 0 Å². The van der Waals surface area contributed by atoms with E-state index in [4.69, 9.17) is 5.11 Å². The molecule has 0 fully saturated rings. The van der Waals surface area contributed by atoms with Crippen molar-refractivity contribution in [3.63, 3.8) is 0 Å². The first-order valence-electron chi connectivity index (χ1n) is 4.19. The smallest absolute Gasteiger partial charge is 0.207 e. The van der Waals surface area contributed by atoms with E-state index in [1.54, 1.807) is 0 Å². The lowest BCUT2D eigenvalue weighted by molar-refractivity contribution is -0.109. The summed E-state index contributed by atoms with van der Waals surface area (Å²) in [7, 11) is 0. The van der Waals surface area contributed by atoms with Gasteiger partial charge in [0.2, 0.25) is 6.41 Å². The Kier molecular flexibility index (Phi) is 52.2. The van der Waals surface area contributed by atoms with E-state index in [1.165, 1.54) is 0 Å². The van der Waals surface area contributed by atoms with Crippen molar-refractivity contribution in [2.24, 2.45) is 0 Å². The van der Waals surface area contributed by atoms with Crippen LogP contribution in [0.1, 0.15) is 34.1 Å². The second kappa shape index (κ2) is 34.1. The molecule has 0 radical (unpaired) electrons. The standard InChI is InChI=1S/C4H9NO2.2C2H6/c6-3-1-2-5-4-7;2*1-2/h4,6H,1-3H2,(H,5,7);2*1-2H3. The minimum absolute atomic E-state index is 0.140. The number of rotatable bonds is 4. The van der Waals surface area contributed by atoms with Gasteiger partial charge in [0.1, 0.15) is 0 Å². The summed E-state index contributed by atoms with van der Waals surface area (Å²) < 4.78 is 0. The molecule has 0 heterocycles. The lowest BCUT2D eigenvalue weighted by Gasteiger charge is -1.90. The van der Waals surface area contributed by atoms with E-state index in [0.29, 0.717) is 19.4 Å². The molecule has 0 unspecified atom stereocenters. The van der Waals surface area contributed by atoms with Gasteiger partial charge in [-0.1, -0.05) is 27.7 Å². The van der Waals surface area contributed by atoms with E-state index in [2.05, 4.69) is 5.32 Å². The molecular formula is C8H21NO2. The van der Waals surface area contributed by atoms with Crippen LogP contribution in [0, 0.1) is 0 Å². The highest BCUT2D eigenvalue weighted by Crippen LogP contribution is 1.66. The molecule has 11 heavy (non-hydrogen) atoms. The maximum absolute atomic E-state index is 9.49. The molecule has 0 aromatic rings. The van der Waals surface area contributed by atoms with E-state index in [0.717, 1.165) is 0 Å². The highest BCUT2D eigenvalue weighted by atomic mass is 16.3. The number of nitrogens with one attached hydrogen (secondary N) is 1. The zero-order valence-corrected chi connectivity index (χ0v) is 8.05. The van der Waals surface area contributed by atoms with Crippen molar-refractivity contribution in [2.75, 3.05) is 13.2 Å². The molecule has 3 nitrogen and oxygen atoms in total. The number of carbonyl (C=O) groups excluding carboxylic acids is 1. The van der Waals surface area contributed by atoms with Gasteiger partial charge in [0, 0.05) is 13.2 Å². The zero-order chi connectivity index (χ0) is 9.54. The normalized spacial score (nSPS) is 6.27. The van der Waals surface area contributed by atoms with Gasteiger partial charge >= 0.3 is 0 Å². The summed E-state index contributed by atoms with van der Waals surface area (Å²) in [6, 6.07) is 0. The Balaban J connectivity index is -0.000000138. The summed E-state index contributed by atoms with van der Waals surface area (Å²) in [5.41, 5.74) is 0. The van der Waals surface area contributed by atoms with Crippen molar-refractivity contribution in [3.05, 3.63) is 0 Å². The predicted molar refractivity (Wildman–Crippen MR) is 48.5 cm³/mol. The molecule has 70 valence electrons. The monoisotopic (exact) mass is 163 g/mol. The Labute approximate surface area is 69.8 Å². The van der Waals surface area contributed by atoms with Gasteiger partial charge in [0.05, 0.1) is 0 Å². The first-order chi connectivity index (χ1) is 5.41. The van der Waals surface area contributed by atoms with E-state index >= 15 is 0 Å². The van der Waals surface area contributed by atoms with Crippen LogP contribution in [0.2, 0.25) is 0 Å². The van der Waals surface area contributed by atoms with Gasteiger partial charge in [0.15, 0.2) is 0 Å². The Hall–Kier alpha value is -0.570. The lowest BCUT2D eigenvalue weighted by atomic mass is 10.5. The average Bonchev–Trinajstić information content (AvgIpc) is 2.13. The van der Waals surface area contributed by atoms with Crippen LogP contribution >= 0.6 is 0 Å². The average molecular weight is 163 g/mol. The maximum Gasteiger partial charge on any atom is 0.207 e. The summed E-state index contributed by atoms with van der Waals surface area (Å²) in [4.78, 5) is 9.49. The van der Waals surface area contributed by atoms with Gasteiger partial charge in [-0.25, -0.2) is 0 Å². The van der Waals surface area contributed by atoms with Crippen LogP contribution in [-0.4, -0.2) is 24.7 Å². The molecule has 0 rings (SSSR count). The number of amides is 1. The van der Waals surface area contributed by atoms with Crippen molar-refractivity contribution >= 4 is 6.41 Å². The molecule has 0 saturated heterocycles. The molecule has 0 aliphatic rings. The van der Waals surface area contributed by atoms with Crippen molar-refractivity contribution in [1.29, 1.82) is 0 Å². The first kappa shape index (κ1) is 16.8. The fraction of sp³-hybridized carbons (Fsp3) is 0.875. The summed E-state index contributed by atoms with van der Waals surface area (Å²) in [5.74, 6) is 0. The van der Waals surface area contributed by atoms with Crippen molar-refractivity contribution in [1.82, 2.24) is 5.32 Å². The molecule has 0 atom stereocenters. The zero-order valence-electron chi connectivity index (χ0n) is 8.05. The maximum atomic E-state index is 9.49. The van der Waals surface area contributed by atoms with Crippen molar-refractivity contribution in [2.45, 2.75) is 34.1 Å². The molecular weight excluding hydrogens is 142 g/mol. The Morgan fingerprint density at radius 3 is 2.00 bits per heavy atom. The third-order valence-corrected chi connectivity index (χ3v) is 0.563. The molecule has 1 amide bonds. The van der Waals surface area contributed by atoms with Gasteiger partial charge in [-0.05, 0) is 6.42 Å². The topological polar surface area (TPSA) is 49.3 Å². The molecule has 0 bridgehead atoms. The fourth-order valence-electron chi connectivity index (χ4n) is 0.240. The SMILES string of the molecule is CC.CC.O=CNCCCO. The lowest BCUT2D eigenvalue weighted by Crippen LogP contribution is -2.12. The number of carbonyl (C=O) groups is 1. The molecule has 0 aromatic carbocycles. The summed E-state index contributed by atoms with van der Waals surface area (Å²) in [5, 5.41) is 10.5. The van der Waals surface area contributed by atoms with Crippen molar-refractivity contribution in [3.8, 4) is 0 Å². The quantitative estimate of drug-likeness (QED) is 0.483. The van der Waals surface area contributed by atoms with Crippen LogP contribution in [-0.2, 0) is 4.79 Å². The Morgan fingerprint density at radius 1 is 1.27 bits per heavy atom. The molecule has 0 aliphatic heterocycles. The number of hydrogen-bond donors (Lipinski definition) is 2. The Bertz CT molecular complexity index is 49.4. The number of aliphatic hydroxyl groups is 1. The van der Waals surface area contributed by atoms with Crippen molar-refractivity contribution < 1.29 is 9.90 Å². The molecule has 0 aromatic heterocycles. The van der Waals surface area contributed by atoms with E-state index in [-0.39, 0.29) is 6.61 Å². The number of hydrogen-bond acceptors (Lipinski definition) is 2. The van der Waals surface area contributed by atoms with Gasteiger partial charge in [-0.2, -0.15) is 0 Å². The van der Waals surface area contributed by atoms with Crippen LogP contribution in [0.15, 0.2) is 0 Å². The molecule has 0 aliphatic carbocycles. The molecule has 3 heteroatoms. The van der Waals surface area contributed by atoms with Crippen LogP contribution in [0.25, 0.3) is 0 Å². The van der Waals surface area contributed by atoms with Crippen LogP contribution in [0.4, 0.5) is 0 Å². The molecule has 2 N–H and O–H groups in total. The fourth-order valence-corrected chi connectivity index (χ4v) is 0.240. The molecule has 0 saturated carbocycles. The van der Waals surface area contributed by atoms with E-state index in [1.807, 2.05) is 27.7 Å². The minimum Gasteiger partial charge on any atom is -0.396 e. The number of aliphatic hydroxyl groups excluding tert-OH is 1. The van der Waals surface area contributed by atoms with Gasteiger partial charge < -0.3 is 10.4 Å². The third kappa shape index (κ3) is 44.2. The van der Waals surface area contributed by atoms with Crippen LogP contribution in [0.3, 0.4) is 0 Å². The van der Waals surface area contributed by atoms with Gasteiger partial charge in [0.25, 0.3) is 0 Å². The van der Waals surface area contributed by atoms with E-state index in [9.17, 15) is 4.79 Å². The second-order valence-corrected chi connectivity index (χ2v) is 1.15. The Morgan fingerprint density at radius 2 is 1.73 bits per heavy atom. The molecule has 0 spiro atoms. The second-order valence-electron chi connectivity index (χ2n) is 1.15. The van der Waals surface area contributed by atoms with Crippen LogP contribution in [0.5, 0.6) is 0 Å². The van der Waals surface area contributed by atoms with Gasteiger partial charge in [-0.3, -0.25) is 4.79 Å². The highest BCUT2D eigenvalue weighted by Gasteiger charge is 1.77. The predicted octanol–water partition coefficient (Wildman–Crippen LogP) is 1.17. The first-order valence-corrected chi connectivity index (χ1v) is 4.19.